The molecule has 2 atom stereocenters. The first-order chi connectivity index (χ1) is 8.85. The second-order valence-corrected chi connectivity index (χ2v) is 5.14. The van der Waals surface area contributed by atoms with Gasteiger partial charge in [-0.15, -0.1) is 0 Å². The summed E-state index contributed by atoms with van der Waals surface area (Å²) in [6.07, 6.45) is 6.99. The third kappa shape index (κ3) is 3.04. The van der Waals surface area contributed by atoms with Gasteiger partial charge < -0.3 is 4.74 Å². The Labute approximate surface area is 110 Å². The summed E-state index contributed by atoms with van der Waals surface area (Å²) in [4.78, 5) is 0. The van der Waals surface area contributed by atoms with Crippen molar-refractivity contribution in [3.8, 4) is 11.8 Å². The van der Waals surface area contributed by atoms with Crippen molar-refractivity contribution >= 4 is 0 Å². The molecule has 1 aromatic carbocycles. The lowest BCUT2D eigenvalue weighted by atomic mass is 9.81. The Hall–Kier alpha value is -1.49. The average Bonchev–Trinajstić information content (AvgIpc) is 2.65. The van der Waals surface area contributed by atoms with Crippen molar-refractivity contribution in [2.24, 2.45) is 5.92 Å². The lowest BCUT2D eigenvalue weighted by Gasteiger charge is -2.23. The first-order valence-electron chi connectivity index (χ1n) is 6.86. The van der Waals surface area contributed by atoms with Crippen LogP contribution >= 0.6 is 0 Å². The molecule has 0 radical (unpaired) electrons. The van der Waals surface area contributed by atoms with E-state index >= 15 is 0 Å². The van der Waals surface area contributed by atoms with Crippen molar-refractivity contribution in [2.45, 2.75) is 44.4 Å². The molecule has 18 heavy (non-hydrogen) atoms. The van der Waals surface area contributed by atoms with Crippen LogP contribution < -0.4 is 4.74 Å². The van der Waals surface area contributed by atoms with Gasteiger partial charge in [-0.1, -0.05) is 31.4 Å². The number of rotatable bonds is 3. The van der Waals surface area contributed by atoms with Gasteiger partial charge in [-0.3, -0.25) is 0 Å². The van der Waals surface area contributed by atoms with E-state index in [4.69, 9.17) is 10.00 Å². The monoisotopic (exact) mass is 243 g/mol. The third-order valence-electron chi connectivity index (χ3n) is 4.06. The summed E-state index contributed by atoms with van der Waals surface area (Å²) in [5.41, 5.74) is 1.37. The Balaban J connectivity index is 2.17. The molecule has 1 aliphatic rings. The normalized spacial score (nSPS) is 24.0. The molecule has 0 amide bonds. The minimum atomic E-state index is 0.533. The summed E-state index contributed by atoms with van der Waals surface area (Å²) in [6, 6.07) is 10.8. The molecule has 1 fully saturated rings. The van der Waals surface area contributed by atoms with Gasteiger partial charge in [0, 0.05) is 6.42 Å². The van der Waals surface area contributed by atoms with Gasteiger partial charge in [0.1, 0.15) is 5.75 Å². The van der Waals surface area contributed by atoms with Gasteiger partial charge in [0.05, 0.1) is 13.2 Å². The predicted molar refractivity (Wildman–Crippen MR) is 72.5 cm³/mol. The molecule has 2 rings (SSSR count). The smallest absolute Gasteiger partial charge is 0.118 e. The average molecular weight is 243 g/mol. The molecule has 0 N–H and O–H groups in total. The molecule has 96 valence electrons. The van der Waals surface area contributed by atoms with E-state index in [0.29, 0.717) is 18.3 Å². The zero-order chi connectivity index (χ0) is 12.8. The van der Waals surface area contributed by atoms with Crippen LogP contribution in [0.1, 0.15) is 50.0 Å². The maximum absolute atomic E-state index is 8.99. The molecule has 0 spiro atoms. The highest BCUT2D eigenvalue weighted by molar-refractivity contribution is 5.30. The fourth-order valence-electron chi connectivity index (χ4n) is 3.04. The van der Waals surface area contributed by atoms with Gasteiger partial charge >= 0.3 is 0 Å². The number of nitriles is 1. The molecule has 0 heterocycles. The SMILES string of the molecule is COc1ccc(C2CCCCCC2CC#N)cc1. The maximum atomic E-state index is 8.99. The van der Waals surface area contributed by atoms with Crippen molar-refractivity contribution in [1.82, 2.24) is 0 Å². The Kier molecular flexibility index (Phi) is 4.64. The van der Waals surface area contributed by atoms with E-state index in [1.807, 2.05) is 12.1 Å². The van der Waals surface area contributed by atoms with Crippen LogP contribution in [0.4, 0.5) is 0 Å². The largest absolute Gasteiger partial charge is 0.497 e. The molecular formula is C16H21NO. The molecule has 2 unspecified atom stereocenters. The fraction of sp³-hybridized carbons (Fsp3) is 0.562. The molecule has 0 saturated heterocycles. The number of hydrogen-bond acceptors (Lipinski definition) is 2. The van der Waals surface area contributed by atoms with E-state index in [-0.39, 0.29) is 0 Å². The highest BCUT2D eigenvalue weighted by Crippen LogP contribution is 2.38. The molecule has 1 saturated carbocycles. The molecular weight excluding hydrogens is 222 g/mol. The van der Waals surface area contributed by atoms with Crippen LogP contribution in [0.5, 0.6) is 5.75 Å². The zero-order valence-corrected chi connectivity index (χ0v) is 11.1. The second-order valence-electron chi connectivity index (χ2n) is 5.14. The Bertz CT molecular complexity index is 404. The van der Waals surface area contributed by atoms with Crippen LogP contribution in [0.2, 0.25) is 0 Å². The predicted octanol–water partition coefficient (Wildman–Crippen LogP) is 4.27. The Morgan fingerprint density at radius 3 is 2.56 bits per heavy atom. The van der Waals surface area contributed by atoms with Gasteiger partial charge in [0.15, 0.2) is 0 Å². The van der Waals surface area contributed by atoms with Crippen LogP contribution in [0.3, 0.4) is 0 Å². The molecule has 0 aromatic heterocycles. The van der Waals surface area contributed by atoms with Crippen LogP contribution in [0.15, 0.2) is 24.3 Å². The molecule has 1 aromatic rings. The highest BCUT2D eigenvalue weighted by Gasteiger charge is 2.24. The summed E-state index contributed by atoms with van der Waals surface area (Å²) in [6.45, 7) is 0. The maximum Gasteiger partial charge on any atom is 0.118 e. The molecule has 1 aliphatic carbocycles. The molecule has 2 nitrogen and oxygen atoms in total. The van der Waals surface area contributed by atoms with Crippen molar-refractivity contribution in [1.29, 1.82) is 5.26 Å². The van der Waals surface area contributed by atoms with Crippen LogP contribution in [0, 0.1) is 17.2 Å². The summed E-state index contributed by atoms with van der Waals surface area (Å²) in [5.74, 6) is 1.99. The minimum Gasteiger partial charge on any atom is -0.497 e. The standard InChI is InChI=1S/C16H21NO/c1-18-15-9-7-14(8-10-15)16-6-4-2-3-5-13(16)11-12-17/h7-10,13,16H,2-6,11H2,1H3. The third-order valence-corrected chi connectivity index (χ3v) is 4.06. The van der Waals surface area contributed by atoms with Crippen LogP contribution in [-0.4, -0.2) is 7.11 Å². The molecule has 2 heteroatoms. The van der Waals surface area contributed by atoms with Gasteiger partial charge in [0.25, 0.3) is 0 Å². The lowest BCUT2D eigenvalue weighted by molar-refractivity contribution is 0.402. The summed E-state index contributed by atoms with van der Waals surface area (Å²) < 4.78 is 5.20. The van der Waals surface area contributed by atoms with Gasteiger partial charge in [0.2, 0.25) is 0 Å². The first-order valence-corrected chi connectivity index (χ1v) is 6.86. The van der Waals surface area contributed by atoms with E-state index in [0.717, 1.165) is 5.75 Å². The zero-order valence-electron chi connectivity index (χ0n) is 11.1. The minimum absolute atomic E-state index is 0.533. The summed E-state index contributed by atoms with van der Waals surface area (Å²) in [5, 5.41) is 8.99. The first kappa shape index (κ1) is 13.0. The summed E-state index contributed by atoms with van der Waals surface area (Å²) in [7, 11) is 1.69. The topological polar surface area (TPSA) is 33.0 Å². The molecule has 0 bridgehead atoms. The lowest BCUT2D eigenvalue weighted by Crippen LogP contribution is -2.11. The van der Waals surface area contributed by atoms with E-state index in [9.17, 15) is 0 Å². The van der Waals surface area contributed by atoms with Crippen LogP contribution in [0.25, 0.3) is 0 Å². The Morgan fingerprint density at radius 1 is 1.17 bits per heavy atom. The van der Waals surface area contributed by atoms with Gasteiger partial charge in [-0.05, 0) is 42.4 Å². The van der Waals surface area contributed by atoms with Crippen molar-refractivity contribution < 1.29 is 4.74 Å². The van der Waals surface area contributed by atoms with E-state index in [1.54, 1.807) is 7.11 Å². The highest BCUT2D eigenvalue weighted by atomic mass is 16.5. The van der Waals surface area contributed by atoms with Crippen molar-refractivity contribution in [3.63, 3.8) is 0 Å². The summed E-state index contributed by atoms with van der Waals surface area (Å²) >= 11 is 0. The van der Waals surface area contributed by atoms with Gasteiger partial charge in [-0.25, -0.2) is 0 Å². The van der Waals surface area contributed by atoms with E-state index < -0.39 is 0 Å². The number of nitrogens with zero attached hydrogens (tertiary/aromatic N) is 1. The number of methoxy groups -OCH3 is 1. The van der Waals surface area contributed by atoms with Crippen molar-refractivity contribution in [3.05, 3.63) is 29.8 Å². The fourth-order valence-corrected chi connectivity index (χ4v) is 3.04. The quantitative estimate of drug-likeness (QED) is 0.743. The van der Waals surface area contributed by atoms with Gasteiger partial charge in [-0.2, -0.15) is 5.26 Å². The molecule has 0 aliphatic heterocycles. The van der Waals surface area contributed by atoms with Crippen LogP contribution in [-0.2, 0) is 0 Å². The number of ether oxygens (including phenoxy) is 1. The van der Waals surface area contributed by atoms with E-state index in [2.05, 4.69) is 18.2 Å². The number of hydrogen-bond donors (Lipinski definition) is 0. The van der Waals surface area contributed by atoms with E-state index in [1.165, 1.54) is 37.7 Å². The Morgan fingerprint density at radius 2 is 1.89 bits per heavy atom. The van der Waals surface area contributed by atoms with Crippen molar-refractivity contribution in [2.75, 3.05) is 7.11 Å². The second kappa shape index (κ2) is 6.44. The number of benzene rings is 1.